The summed E-state index contributed by atoms with van der Waals surface area (Å²) >= 11 is 6.04. The highest BCUT2D eigenvalue weighted by molar-refractivity contribution is 6.30. The van der Waals surface area contributed by atoms with Crippen molar-refractivity contribution < 1.29 is 19.2 Å². The third-order valence-corrected chi connectivity index (χ3v) is 6.06. The molecule has 5 rings (SSSR count). The molecule has 1 unspecified atom stereocenters. The number of nitro groups is 1. The molecule has 0 bridgehead atoms. The number of carbonyl (C=O) groups excluding carboxylic acids is 2. The van der Waals surface area contributed by atoms with Crippen molar-refractivity contribution in [3.8, 4) is 0 Å². The number of ketones is 2. The van der Waals surface area contributed by atoms with E-state index in [-0.39, 0.29) is 40.6 Å². The van der Waals surface area contributed by atoms with Crippen molar-refractivity contribution in [3.05, 3.63) is 139 Å². The van der Waals surface area contributed by atoms with Crippen molar-refractivity contribution in [2.75, 3.05) is 0 Å². The van der Waals surface area contributed by atoms with Crippen LogP contribution in [0.5, 0.6) is 0 Å². The number of hydrogen-bond donors (Lipinski definition) is 1. The SMILES string of the molecule is O=C1C2=C(C(=O)c3ccccc31)C(c1ccc(Cl)cc1)C([N+](=O)[O-])=C(NCc1ccccc1)O2. The van der Waals surface area contributed by atoms with Gasteiger partial charge in [0.2, 0.25) is 5.78 Å². The highest BCUT2D eigenvalue weighted by Crippen LogP contribution is 2.45. The molecule has 0 radical (unpaired) electrons. The van der Waals surface area contributed by atoms with Crippen molar-refractivity contribution >= 4 is 23.2 Å². The molecule has 0 saturated heterocycles. The Hall–Kier alpha value is -4.23. The minimum Gasteiger partial charge on any atom is -0.431 e. The second-order valence-corrected chi connectivity index (χ2v) is 8.28. The van der Waals surface area contributed by atoms with Crippen LogP contribution in [-0.2, 0) is 11.3 Å². The predicted octanol–water partition coefficient (Wildman–Crippen LogP) is 5.02. The van der Waals surface area contributed by atoms with Crippen LogP contribution in [-0.4, -0.2) is 16.5 Å². The maximum atomic E-state index is 13.5. The average Bonchev–Trinajstić information content (AvgIpc) is 2.86. The van der Waals surface area contributed by atoms with Gasteiger partial charge in [-0.25, -0.2) is 0 Å². The van der Waals surface area contributed by atoms with Crippen LogP contribution in [0.25, 0.3) is 0 Å². The van der Waals surface area contributed by atoms with Crippen molar-refractivity contribution in [1.82, 2.24) is 5.32 Å². The van der Waals surface area contributed by atoms with Crippen LogP contribution in [0.3, 0.4) is 0 Å². The molecule has 3 aromatic carbocycles. The zero-order chi connectivity index (χ0) is 23.8. The number of benzene rings is 3. The van der Waals surface area contributed by atoms with E-state index in [0.29, 0.717) is 10.6 Å². The molecule has 34 heavy (non-hydrogen) atoms. The second-order valence-electron chi connectivity index (χ2n) is 7.84. The number of nitrogens with one attached hydrogen (secondary N) is 1. The Balaban J connectivity index is 1.67. The first-order chi connectivity index (χ1) is 16.5. The lowest BCUT2D eigenvalue weighted by molar-refractivity contribution is -0.433. The molecule has 0 saturated carbocycles. The summed E-state index contributed by atoms with van der Waals surface area (Å²) in [7, 11) is 0. The summed E-state index contributed by atoms with van der Waals surface area (Å²) in [6.07, 6.45) is 0. The lowest BCUT2D eigenvalue weighted by Gasteiger charge is -2.30. The van der Waals surface area contributed by atoms with Crippen LogP contribution in [0, 0.1) is 10.1 Å². The third-order valence-electron chi connectivity index (χ3n) is 5.81. The maximum Gasteiger partial charge on any atom is 0.317 e. The number of fused-ring (bicyclic) bond motifs is 1. The van der Waals surface area contributed by atoms with Crippen molar-refractivity contribution in [3.63, 3.8) is 0 Å². The van der Waals surface area contributed by atoms with Crippen LogP contribution >= 0.6 is 11.6 Å². The van der Waals surface area contributed by atoms with Gasteiger partial charge in [0.05, 0.1) is 10.5 Å². The number of nitrogens with zero attached hydrogens (tertiary/aromatic N) is 1. The van der Waals surface area contributed by atoms with Gasteiger partial charge in [0.25, 0.3) is 5.88 Å². The molecule has 8 heteroatoms. The number of hydrogen-bond acceptors (Lipinski definition) is 6. The van der Waals surface area contributed by atoms with Gasteiger partial charge in [0.15, 0.2) is 11.5 Å². The Kier molecular flexibility index (Phi) is 5.47. The first kappa shape index (κ1) is 21.6. The molecule has 0 amide bonds. The molecule has 0 aromatic heterocycles. The summed E-state index contributed by atoms with van der Waals surface area (Å²) in [5.74, 6) is -2.48. The van der Waals surface area contributed by atoms with Crippen molar-refractivity contribution in [2.45, 2.75) is 12.5 Å². The molecule has 1 aliphatic carbocycles. The fourth-order valence-electron chi connectivity index (χ4n) is 4.23. The van der Waals surface area contributed by atoms with Crippen LogP contribution in [0.1, 0.15) is 37.8 Å². The average molecular weight is 473 g/mol. The van der Waals surface area contributed by atoms with E-state index >= 15 is 0 Å². The van der Waals surface area contributed by atoms with Gasteiger partial charge in [-0.15, -0.1) is 0 Å². The molecule has 0 fully saturated rings. The Morgan fingerprint density at radius 1 is 0.882 bits per heavy atom. The van der Waals surface area contributed by atoms with Crippen molar-refractivity contribution in [2.24, 2.45) is 0 Å². The van der Waals surface area contributed by atoms with E-state index in [1.165, 1.54) is 6.07 Å². The number of carbonyl (C=O) groups is 2. The lowest BCUT2D eigenvalue weighted by atomic mass is 9.77. The molecular formula is C26H17ClN2O5. The summed E-state index contributed by atoms with van der Waals surface area (Å²) in [6.45, 7) is 0.224. The van der Waals surface area contributed by atoms with Gasteiger partial charge >= 0.3 is 5.70 Å². The molecule has 1 N–H and O–H groups in total. The fourth-order valence-corrected chi connectivity index (χ4v) is 4.36. The first-order valence-corrected chi connectivity index (χ1v) is 10.9. The van der Waals surface area contributed by atoms with Gasteiger partial charge in [-0.3, -0.25) is 19.7 Å². The standard InChI is InChI=1S/C26H17ClN2O5/c27-17-12-10-16(11-13-17)20-21-23(30)18-8-4-5-9-19(18)24(31)25(21)34-26(22(20)29(32)33)28-14-15-6-2-1-3-7-15/h1-13,20,28H,14H2. The minimum absolute atomic E-state index is 0.0528. The summed E-state index contributed by atoms with van der Waals surface area (Å²) in [5.41, 5.74) is 1.30. The number of rotatable bonds is 5. The quantitative estimate of drug-likeness (QED) is 0.413. The summed E-state index contributed by atoms with van der Waals surface area (Å²) in [5, 5.41) is 15.7. The van der Waals surface area contributed by atoms with E-state index in [1.807, 2.05) is 30.3 Å². The van der Waals surface area contributed by atoms with Crippen molar-refractivity contribution in [1.29, 1.82) is 0 Å². The zero-order valence-corrected chi connectivity index (χ0v) is 18.4. The number of Topliss-reactive ketones (excluding diaryl/α,β-unsaturated/α-hetero) is 2. The molecule has 0 spiro atoms. The van der Waals surface area contributed by atoms with E-state index in [1.54, 1.807) is 42.5 Å². The number of ether oxygens (including phenoxy) is 1. The topological polar surface area (TPSA) is 98.5 Å². The zero-order valence-electron chi connectivity index (χ0n) is 17.7. The summed E-state index contributed by atoms with van der Waals surface area (Å²) < 4.78 is 5.81. The summed E-state index contributed by atoms with van der Waals surface area (Å²) in [4.78, 5) is 38.6. The minimum atomic E-state index is -1.13. The lowest BCUT2D eigenvalue weighted by Crippen LogP contribution is -2.35. The molecule has 168 valence electrons. The molecule has 3 aromatic rings. The van der Waals surface area contributed by atoms with E-state index in [4.69, 9.17) is 16.3 Å². The Morgan fingerprint density at radius 3 is 2.15 bits per heavy atom. The maximum absolute atomic E-state index is 13.5. The van der Waals surface area contributed by atoms with Crippen LogP contribution < -0.4 is 5.32 Å². The van der Waals surface area contributed by atoms with Gasteiger partial charge in [-0.2, -0.15) is 0 Å². The van der Waals surface area contributed by atoms with Gasteiger partial charge in [-0.1, -0.05) is 78.3 Å². The van der Waals surface area contributed by atoms with E-state index in [0.717, 1.165) is 5.56 Å². The Bertz CT molecular complexity index is 1390. The molecular weight excluding hydrogens is 456 g/mol. The fraction of sp³-hybridized carbons (Fsp3) is 0.0769. The summed E-state index contributed by atoms with van der Waals surface area (Å²) in [6, 6.07) is 22.0. The largest absolute Gasteiger partial charge is 0.431 e. The third kappa shape index (κ3) is 3.66. The molecule has 1 atom stereocenters. The molecule has 2 aliphatic rings. The Labute approximate surface area is 199 Å². The van der Waals surface area contributed by atoms with Gasteiger partial charge in [0, 0.05) is 22.7 Å². The molecule has 1 aliphatic heterocycles. The van der Waals surface area contributed by atoms with Gasteiger partial charge < -0.3 is 10.1 Å². The predicted molar refractivity (Wildman–Crippen MR) is 125 cm³/mol. The normalized spacial score (nSPS) is 17.1. The van der Waals surface area contributed by atoms with Crippen LogP contribution in [0.2, 0.25) is 5.02 Å². The monoisotopic (exact) mass is 472 g/mol. The number of allylic oxidation sites excluding steroid dienone is 2. The number of halogens is 1. The van der Waals surface area contributed by atoms with Gasteiger partial charge in [-0.05, 0) is 23.3 Å². The van der Waals surface area contributed by atoms with Gasteiger partial charge in [0.1, 0.15) is 5.92 Å². The molecule has 1 heterocycles. The van der Waals surface area contributed by atoms with Crippen LogP contribution in [0.15, 0.2) is 102 Å². The highest BCUT2D eigenvalue weighted by atomic mass is 35.5. The Morgan fingerprint density at radius 2 is 1.50 bits per heavy atom. The highest BCUT2D eigenvalue weighted by Gasteiger charge is 2.48. The van der Waals surface area contributed by atoms with E-state index < -0.39 is 22.4 Å². The first-order valence-electron chi connectivity index (χ1n) is 10.5. The van der Waals surface area contributed by atoms with E-state index in [2.05, 4.69) is 5.32 Å². The van der Waals surface area contributed by atoms with E-state index in [9.17, 15) is 19.7 Å². The smallest absolute Gasteiger partial charge is 0.317 e. The molecule has 7 nitrogen and oxygen atoms in total. The second kappa shape index (κ2) is 8.61. The van der Waals surface area contributed by atoms with Crippen LogP contribution in [0.4, 0.5) is 0 Å².